The maximum Gasteiger partial charge on any atom is 0.155 e. The fourth-order valence-electron chi connectivity index (χ4n) is 2.45. The van der Waals surface area contributed by atoms with Crippen molar-refractivity contribution < 1.29 is 0 Å². The van der Waals surface area contributed by atoms with E-state index >= 15 is 0 Å². The summed E-state index contributed by atoms with van der Waals surface area (Å²) in [6.07, 6.45) is 8.49. The second-order valence-electron chi connectivity index (χ2n) is 5.99. The number of hydrogen-bond acceptors (Lipinski definition) is 3. The molecule has 0 saturated heterocycles. The molecule has 0 saturated carbocycles. The van der Waals surface area contributed by atoms with Gasteiger partial charge in [-0.2, -0.15) is 5.10 Å². The Bertz CT molecular complexity index is 598. The molecule has 21 heavy (non-hydrogen) atoms. The zero-order chi connectivity index (χ0) is 15.2. The number of aromatic nitrogens is 3. The molecule has 0 aliphatic heterocycles. The fourth-order valence-corrected chi connectivity index (χ4v) is 2.45. The van der Waals surface area contributed by atoms with E-state index in [2.05, 4.69) is 47.8 Å². The molecule has 0 unspecified atom stereocenters. The topological polar surface area (TPSA) is 53.6 Å². The number of hydrogen-bond donors (Lipinski definition) is 2. The van der Waals surface area contributed by atoms with Crippen LogP contribution in [0.25, 0.3) is 16.7 Å². The van der Waals surface area contributed by atoms with Gasteiger partial charge in [0.25, 0.3) is 0 Å². The number of aryl methyl sites for hydroxylation is 1. The van der Waals surface area contributed by atoms with Gasteiger partial charge in [-0.3, -0.25) is 5.10 Å². The fraction of sp³-hybridized carbons (Fsp3) is 0.529. The standard InChI is InChI=1S/C17H26N4/c1-5-6-7-8-14-15(13(4)18-9-12(2)3)10-19-17-16(14)11-20-21-17/h10-12,18H,4-9H2,1-3H3,(H,19,20,21). The van der Waals surface area contributed by atoms with Gasteiger partial charge < -0.3 is 5.32 Å². The average molecular weight is 286 g/mol. The maximum atomic E-state index is 4.46. The third-order valence-electron chi connectivity index (χ3n) is 3.67. The number of rotatable bonds is 8. The molecule has 2 rings (SSSR count). The molecule has 114 valence electrons. The first-order chi connectivity index (χ1) is 10.1. The minimum Gasteiger partial charge on any atom is -0.385 e. The highest BCUT2D eigenvalue weighted by atomic mass is 15.1. The van der Waals surface area contributed by atoms with Gasteiger partial charge >= 0.3 is 0 Å². The lowest BCUT2D eigenvalue weighted by Crippen LogP contribution is -2.18. The Labute approximate surface area is 127 Å². The Morgan fingerprint density at radius 2 is 2.14 bits per heavy atom. The van der Waals surface area contributed by atoms with Crippen LogP contribution in [0.1, 0.15) is 51.2 Å². The van der Waals surface area contributed by atoms with Gasteiger partial charge in [-0.1, -0.05) is 40.2 Å². The van der Waals surface area contributed by atoms with Gasteiger partial charge in [0.2, 0.25) is 0 Å². The monoisotopic (exact) mass is 286 g/mol. The van der Waals surface area contributed by atoms with Crippen LogP contribution in [-0.4, -0.2) is 21.7 Å². The highest BCUT2D eigenvalue weighted by Crippen LogP contribution is 2.25. The van der Waals surface area contributed by atoms with E-state index in [0.717, 1.165) is 35.3 Å². The minimum atomic E-state index is 0.593. The zero-order valence-corrected chi connectivity index (χ0v) is 13.4. The molecule has 0 fully saturated rings. The van der Waals surface area contributed by atoms with Crippen molar-refractivity contribution >= 4 is 16.7 Å². The second-order valence-corrected chi connectivity index (χ2v) is 5.99. The van der Waals surface area contributed by atoms with Gasteiger partial charge in [-0.15, -0.1) is 0 Å². The molecular weight excluding hydrogens is 260 g/mol. The molecule has 0 aliphatic rings. The van der Waals surface area contributed by atoms with Crippen molar-refractivity contribution in [1.82, 2.24) is 20.5 Å². The molecule has 2 N–H and O–H groups in total. The summed E-state index contributed by atoms with van der Waals surface area (Å²) >= 11 is 0. The van der Waals surface area contributed by atoms with E-state index in [1.54, 1.807) is 0 Å². The van der Waals surface area contributed by atoms with Crippen molar-refractivity contribution in [3.8, 4) is 0 Å². The number of nitrogens with one attached hydrogen (secondary N) is 2. The van der Waals surface area contributed by atoms with Crippen molar-refractivity contribution in [2.45, 2.75) is 46.5 Å². The van der Waals surface area contributed by atoms with Crippen molar-refractivity contribution in [2.24, 2.45) is 5.92 Å². The van der Waals surface area contributed by atoms with E-state index in [-0.39, 0.29) is 0 Å². The molecule has 2 aromatic rings. The quantitative estimate of drug-likeness (QED) is 0.723. The summed E-state index contributed by atoms with van der Waals surface area (Å²) in [4.78, 5) is 4.46. The molecule has 0 bridgehead atoms. The zero-order valence-electron chi connectivity index (χ0n) is 13.4. The molecule has 0 atom stereocenters. The molecular formula is C17H26N4. The van der Waals surface area contributed by atoms with Crippen molar-refractivity contribution in [3.63, 3.8) is 0 Å². The first kappa shape index (κ1) is 15.5. The summed E-state index contributed by atoms with van der Waals surface area (Å²) < 4.78 is 0. The Kier molecular flexibility index (Phi) is 5.37. The van der Waals surface area contributed by atoms with E-state index in [9.17, 15) is 0 Å². The smallest absolute Gasteiger partial charge is 0.155 e. The van der Waals surface area contributed by atoms with Gasteiger partial charge in [0, 0.05) is 29.4 Å². The van der Waals surface area contributed by atoms with Crippen molar-refractivity contribution in [1.29, 1.82) is 0 Å². The Balaban J connectivity index is 2.27. The number of aromatic amines is 1. The van der Waals surface area contributed by atoms with Gasteiger partial charge in [0.1, 0.15) is 0 Å². The van der Waals surface area contributed by atoms with Gasteiger partial charge in [0.05, 0.1) is 6.20 Å². The SMILES string of the molecule is C=C(NCC(C)C)c1cnc2[nH]ncc2c1CCCCC. The molecule has 4 heteroatoms. The van der Waals surface area contributed by atoms with E-state index in [1.165, 1.54) is 24.8 Å². The Hall–Kier alpha value is -1.84. The molecule has 0 radical (unpaired) electrons. The molecule has 4 nitrogen and oxygen atoms in total. The molecule has 0 aliphatic carbocycles. The highest BCUT2D eigenvalue weighted by molar-refractivity contribution is 5.83. The van der Waals surface area contributed by atoms with Gasteiger partial charge in [-0.05, 0) is 24.3 Å². The predicted molar refractivity (Wildman–Crippen MR) is 89.0 cm³/mol. The lowest BCUT2D eigenvalue weighted by molar-refractivity contribution is 0.618. The van der Waals surface area contributed by atoms with Crippen LogP contribution in [0.4, 0.5) is 0 Å². The van der Waals surface area contributed by atoms with Crippen molar-refractivity contribution in [3.05, 3.63) is 30.1 Å². The van der Waals surface area contributed by atoms with E-state index in [0.29, 0.717) is 5.92 Å². The third kappa shape index (κ3) is 3.84. The summed E-state index contributed by atoms with van der Waals surface area (Å²) in [5.74, 6) is 0.593. The van der Waals surface area contributed by atoms with Crippen LogP contribution in [0, 0.1) is 5.92 Å². The molecule has 2 heterocycles. The number of fused-ring (bicyclic) bond motifs is 1. The van der Waals surface area contributed by atoms with Crippen LogP contribution in [0.15, 0.2) is 19.0 Å². The van der Waals surface area contributed by atoms with Crippen LogP contribution in [-0.2, 0) is 6.42 Å². The summed E-state index contributed by atoms with van der Waals surface area (Å²) in [6.45, 7) is 11.7. The summed E-state index contributed by atoms with van der Waals surface area (Å²) in [6, 6.07) is 0. The van der Waals surface area contributed by atoms with E-state index in [4.69, 9.17) is 0 Å². The summed E-state index contributed by atoms with van der Waals surface area (Å²) in [5, 5.41) is 11.6. The minimum absolute atomic E-state index is 0.593. The number of pyridine rings is 1. The summed E-state index contributed by atoms with van der Waals surface area (Å²) in [5.41, 5.74) is 4.26. The third-order valence-corrected chi connectivity index (χ3v) is 3.67. The average Bonchev–Trinajstić information content (AvgIpc) is 2.93. The molecule has 0 spiro atoms. The second kappa shape index (κ2) is 7.25. The number of H-pyrrole nitrogens is 1. The van der Waals surface area contributed by atoms with Crippen LogP contribution < -0.4 is 5.32 Å². The van der Waals surface area contributed by atoms with Crippen LogP contribution in [0.5, 0.6) is 0 Å². The molecule has 2 aromatic heterocycles. The lowest BCUT2D eigenvalue weighted by atomic mass is 9.98. The van der Waals surface area contributed by atoms with Crippen LogP contribution in [0.2, 0.25) is 0 Å². The Morgan fingerprint density at radius 3 is 2.86 bits per heavy atom. The molecule has 0 aromatic carbocycles. The normalized spacial score (nSPS) is 11.2. The number of nitrogens with zero attached hydrogens (tertiary/aromatic N) is 2. The lowest BCUT2D eigenvalue weighted by Gasteiger charge is -2.15. The Morgan fingerprint density at radius 1 is 1.33 bits per heavy atom. The van der Waals surface area contributed by atoms with E-state index < -0.39 is 0 Å². The van der Waals surface area contributed by atoms with Crippen molar-refractivity contribution in [2.75, 3.05) is 6.54 Å². The maximum absolute atomic E-state index is 4.46. The predicted octanol–water partition coefficient (Wildman–Crippen LogP) is 3.91. The first-order valence-corrected chi connectivity index (χ1v) is 7.87. The first-order valence-electron chi connectivity index (χ1n) is 7.87. The number of unbranched alkanes of at least 4 members (excludes halogenated alkanes) is 2. The highest BCUT2D eigenvalue weighted by Gasteiger charge is 2.12. The van der Waals surface area contributed by atoms with Crippen LogP contribution in [0.3, 0.4) is 0 Å². The van der Waals surface area contributed by atoms with Gasteiger partial charge in [0.15, 0.2) is 5.65 Å². The molecule has 0 amide bonds. The summed E-state index contributed by atoms with van der Waals surface area (Å²) in [7, 11) is 0. The van der Waals surface area contributed by atoms with E-state index in [1.807, 2.05) is 12.4 Å². The van der Waals surface area contributed by atoms with Gasteiger partial charge in [-0.25, -0.2) is 4.98 Å². The van der Waals surface area contributed by atoms with Crippen LogP contribution >= 0.6 is 0 Å². The largest absolute Gasteiger partial charge is 0.385 e.